The summed E-state index contributed by atoms with van der Waals surface area (Å²) in [4.78, 5) is 15.9. The van der Waals surface area contributed by atoms with Gasteiger partial charge < -0.3 is 0 Å². The molecule has 0 saturated heterocycles. The summed E-state index contributed by atoms with van der Waals surface area (Å²) in [6.07, 6.45) is 0. The maximum Gasteiger partial charge on any atom is 0.274 e. The minimum atomic E-state index is -0.242. The molecule has 1 aromatic carbocycles. The molecule has 0 fully saturated rings. The molecular formula is C9H10NO2. The molecule has 1 radical (unpaired) electrons. The third kappa shape index (κ3) is 2.36. The largest absolute Gasteiger partial charge is 0.274 e. The number of hydroxylamine groups is 1. The molecular weight excluding hydrogens is 154 g/mol. The van der Waals surface area contributed by atoms with E-state index in [2.05, 4.69) is 11.5 Å². The van der Waals surface area contributed by atoms with E-state index in [0.29, 0.717) is 12.2 Å². The lowest BCUT2D eigenvalue weighted by atomic mass is 10.2. The predicted octanol–water partition coefficient (Wildman–Crippen LogP) is 1.17. The molecule has 63 valence electrons. The summed E-state index contributed by atoms with van der Waals surface area (Å²) in [6, 6.07) is 9.59. The van der Waals surface area contributed by atoms with Gasteiger partial charge in [0.25, 0.3) is 5.91 Å². The summed E-state index contributed by atoms with van der Waals surface area (Å²) in [6.45, 7) is 2.26. The van der Waals surface area contributed by atoms with Gasteiger partial charge >= 0.3 is 0 Å². The Labute approximate surface area is 71.3 Å². The van der Waals surface area contributed by atoms with Crippen LogP contribution in [0, 0.1) is 6.07 Å². The Bertz CT molecular complexity index is 246. The maximum absolute atomic E-state index is 11.1. The lowest BCUT2D eigenvalue weighted by Crippen LogP contribution is -2.23. The minimum Gasteiger partial charge on any atom is -0.274 e. The van der Waals surface area contributed by atoms with Crippen LogP contribution >= 0.6 is 0 Å². The number of carbonyl (C=O) groups is 1. The molecule has 0 saturated carbocycles. The van der Waals surface area contributed by atoms with Crippen molar-refractivity contribution in [2.24, 2.45) is 0 Å². The summed E-state index contributed by atoms with van der Waals surface area (Å²) in [7, 11) is 0. The number of nitrogens with one attached hydrogen (secondary N) is 1. The van der Waals surface area contributed by atoms with Crippen LogP contribution in [0.5, 0.6) is 0 Å². The van der Waals surface area contributed by atoms with Gasteiger partial charge in [-0.15, -0.1) is 0 Å². The van der Waals surface area contributed by atoms with Crippen molar-refractivity contribution in [3.05, 3.63) is 35.9 Å². The molecule has 3 heteroatoms. The van der Waals surface area contributed by atoms with Crippen molar-refractivity contribution in [1.82, 2.24) is 5.48 Å². The molecule has 0 aliphatic rings. The van der Waals surface area contributed by atoms with Gasteiger partial charge in [-0.3, -0.25) is 9.63 Å². The molecule has 0 unspecified atom stereocenters. The number of benzene rings is 1. The van der Waals surface area contributed by atoms with Gasteiger partial charge in [0.2, 0.25) is 0 Å². The van der Waals surface area contributed by atoms with E-state index in [1.165, 1.54) is 0 Å². The molecule has 1 aromatic rings. The Morgan fingerprint density at radius 3 is 3.17 bits per heavy atom. The van der Waals surface area contributed by atoms with Crippen LogP contribution in [0.15, 0.2) is 24.3 Å². The number of hydrogen-bond donors (Lipinski definition) is 1. The second-order valence-electron chi connectivity index (χ2n) is 2.16. The Hall–Kier alpha value is -1.35. The SMILES string of the molecule is CCONC(=O)c1c[c]ccc1. The fourth-order valence-corrected chi connectivity index (χ4v) is 0.731. The molecule has 3 nitrogen and oxygen atoms in total. The van der Waals surface area contributed by atoms with E-state index in [1.807, 2.05) is 0 Å². The molecule has 1 rings (SSSR count). The first-order valence-electron chi connectivity index (χ1n) is 3.73. The molecule has 1 amide bonds. The lowest BCUT2D eigenvalue weighted by molar-refractivity contribution is 0.0364. The Morgan fingerprint density at radius 1 is 1.75 bits per heavy atom. The van der Waals surface area contributed by atoms with E-state index < -0.39 is 0 Å². The van der Waals surface area contributed by atoms with Crippen LogP contribution in [0.4, 0.5) is 0 Å². The van der Waals surface area contributed by atoms with E-state index >= 15 is 0 Å². The van der Waals surface area contributed by atoms with Crippen LogP contribution in [-0.4, -0.2) is 12.5 Å². The highest BCUT2D eigenvalue weighted by Crippen LogP contribution is 1.96. The van der Waals surface area contributed by atoms with Crippen molar-refractivity contribution >= 4 is 5.91 Å². The van der Waals surface area contributed by atoms with Crippen molar-refractivity contribution < 1.29 is 9.63 Å². The van der Waals surface area contributed by atoms with E-state index in [1.54, 1.807) is 31.2 Å². The average molecular weight is 164 g/mol. The molecule has 1 N–H and O–H groups in total. The zero-order valence-electron chi connectivity index (χ0n) is 6.83. The molecule has 0 aliphatic heterocycles. The van der Waals surface area contributed by atoms with E-state index in [-0.39, 0.29) is 5.91 Å². The zero-order chi connectivity index (χ0) is 8.81. The fourth-order valence-electron chi connectivity index (χ4n) is 0.731. The van der Waals surface area contributed by atoms with Crippen LogP contribution < -0.4 is 5.48 Å². The second kappa shape index (κ2) is 4.51. The molecule has 12 heavy (non-hydrogen) atoms. The fraction of sp³-hybridized carbons (Fsp3) is 0.222. The number of hydrogen-bond acceptors (Lipinski definition) is 2. The molecule has 0 bridgehead atoms. The summed E-state index contributed by atoms with van der Waals surface area (Å²) < 4.78 is 0. The Balaban J connectivity index is 2.54. The van der Waals surface area contributed by atoms with Gasteiger partial charge in [0, 0.05) is 5.56 Å². The number of rotatable bonds is 3. The third-order valence-corrected chi connectivity index (χ3v) is 1.28. The zero-order valence-corrected chi connectivity index (χ0v) is 6.83. The molecule has 0 spiro atoms. The summed E-state index contributed by atoms with van der Waals surface area (Å²) in [5.41, 5.74) is 2.84. The van der Waals surface area contributed by atoms with E-state index in [4.69, 9.17) is 4.84 Å². The predicted molar refractivity (Wildman–Crippen MR) is 44.4 cm³/mol. The van der Waals surface area contributed by atoms with Crippen LogP contribution in [0.1, 0.15) is 17.3 Å². The normalized spacial score (nSPS) is 9.42. The van der Waals surface area contributed by atoms with Crippen molar-refractivity contribution in [1.29, 1.82) is 0 Å². The standard InChI is InChI=1S/C9H10NO2/c1-2-12-10-9(11)8-6-4-3-5-7-8/h3-4,6-7H,2H2,1H3,(H,10,11). The number of amides is 1. The van der Waals surface area contributed by atoms with Crippen molar-refractivity contribution in [2.45, 2.75) is 6.92 Å². The highest BCUT2D eigenvalue weighted by molar-refractivity contribution is 5.93. The van der Waals surface area contributed by atoms with Crippen molar-refractivity contribution in [3.8, 4) is 0 Å². The first-order valence-corrected chi connectivity index (χ1v) is 3.73. The van der Waals surface area contributed by atoms with Gasteiger partial charge in [0.1, 0.15) is 0 Å². The van der Waals surface area contributed by atoms with Gasteiger partial charge in [-0.05, 0) is 25.1 Å². The number of carbonyl (C=O) groups excluding carboxylic acids is 1. The van der Waals surface area contributed by atoms with Crippen LogP contribution in [0.3, 0.4) is 0 Å². The van der Waals surface area contributed by atoms with Crippen LogP contribution in [0.25, 0.3) is 0 Å². The van der Waals surface area contributed by atoms with Crippen molar-refractivity contribution in [3.63, 3.8) is 0 Å². The van der Waals surface area contributed by atoms with Crippen LogP contribution in [-0.2, 0) is 4.84 Å². The molecule has 0 heterocycles. The molecule has 0 atom stereocenters. The monoisotopic (exact) mass is 164 g/mol. The van der Waals surface area contributed by atoms with Crippen molar-refractivity contribution in [2.75, 3.05) is 6.61 Å². The topological polar surface area (TPSA) is 38.3 Å². The smallest absolute Gasteiger partial charge is 0.274 e. The highest BCUT2D eigenvalue weighted by atomic mass is 16.6. The first kappa shape index (κ1) is 8.74. The first-order chi connectivity index (χ1) is 5.84. The van der Waals surface area contributed by atoms with Gasteiger partial charge in [-0.25, -0.2) is 5.48 Å². The minimum absolute atomic E-state index is 0.242. The quantitative estimate of drug-likeness (QED) is 0.681. The Morgan fingerprint density at radius 2 is 2.58 bits per heavy atom. The Kier molecular flexibility index (Phi) is 3.29. The van der Waals surface area contributed by atoms with Gasteiger partial charge in [0.15, 0.2) is 0 Å². The van der Waals surface area contributed by atoms with Gasteiger partial charge in [0.05, 0.1) is 6.61 Å². The average Bonchev–Trinajstić information content (AvgIpc) is 2.15. The summed E-state index contributed by atoms with van der Waals surface area (Å²) >= 11 is 0. The van der Waals surface area contributed by atoms with E-state index in [0.717, 1.165) is 0 Å². The van der Waals surface area contributed by atoms with Crippen LogP contribution in [0.2, 0.25) is 0 Å². The maximum atomic E-state index is 11.1. The highest BCUT2D eigenvalue weighted by Gasteiger charge is 2.01. The molecule has 0 aliphatic carbocycles. The van der Waals surface area contributed by atoms with E-state index in [9.17, 15) is 4.79 Å². The summed E-state index contributed by atoms with van der Waals surface area (Å²) in [5, 5.41) is 0. The second-order valence-corrected chi connectivity index (χ2v) is 2.16. The van der Waals surface area contributed by atoms with Gasteiger partial charge in [-0.2, -0.15) is 0 Å². The van der Waals surface area contributed by atoms with Gasteiger partial charge in [-0.1, -0.05) is 12.1 Å². The third-order valence-electron chi connectivity index (χ3n) is 1.28. The summed E-state index contributed by atoms with van der Waals surface area (Å²) in [5.74, 6) is -0.242. The molecule has 0 aromatic heterocycles. The lowest BCUT2D eigenvalue weighted by Gasteiger charge is -2.02.